The van der Waals surface area contributed by atoms with Crippen molar-refractivity contribution in [2.24, 2.45) is 5.92 Å². The van der Waals surface area contributed by atoms with Gasteiger partial charge in [-0.2, -0.15) is 0 Å². The van der Waals surface area contributed by atoms with Crippen molar-refractivity contribution in [3.63, 3.8) is 0 Å². The van der Waals surface area contributed by atoms with Crippen molar-refractivity contribution in [2.45, 2.75) is 65.2 Å². The van der Waals surface area contributed by atoms with Crippen LogP contribution in [0.25, 0.3) is 0 Å². The molecular weight excluding hydrogens is 215 g/mol. The quantitative estimate of drug-likeness (QED) is 0.289. The van der Waals surface area contributed by atoms with Gasteiger partial charge in [0.2, 0.25) is 0 Å². The molecule has 0 aromatic carbocycles. The van der Waals surface area contributed by atoms with Gasteiger partial charge in [0.15, 0.2) is 0 Å². The van der Waals surface area contributed by atoms with Gasteiger partial charge in [-0.3, -0.25) is 0 Å². The molecule has 0 aliphatic heterocycles. The van der Waals surface area contributed by atoms with Gasteiger partial charge in [-0.05, 0) is 44.6 Å². The fraction of sp³-hybridized carbons (Fsp3) is 0.733. The van der Waals surface area contributed by atoms with Crippen LogP contribution in [-0.2, 0) is 0 Å². The van der Waals surface area contributed by atoms with Crippen molar-refractivity contribution in [3.8, 4) is 5.92 Å². The van der Waals surface area contributed by atoms with Crippen LogP contribution in [0.2, 0.25) is 25.2 Å². The van der Waals surface area contributed by atoms with Gasteiger partial charge >= 0.3 is 18.9 Å². The van der Waals surface area contributed by atoms with Crippen LogP contribution >= 0.6 is 0 Å². The minimum Gasteiger partial charge on any atom is -0.694 e. The Hall–Kier alpha value is 0.114. The zero-order valence-corrected chi connectivity index (χ0v) is 13.9. The summed E-state index contributed by atoms with van der Waals surface area (Å²) in [6.45, 7) is 13.6. The van der Waals surface area contributed by atoms with E-state index < -0.39 is 8.07 Å². The molecule has 2 atom stereocenters. The Morgan fingerprint density at radius 3 is 2.18 bits per heavy atom. The van der Waals surface area contributed by atoms with Crippen molar-refractivity contribution in [1.29, 1.82) is 0 Å². The van der Waals surface area contributed by atoms with Gasteiger partial charge in [-0.25, -0.2) is 0 Å². The maximum absolute atomic E-state index is 7.43. The first-order valence-corrected chi connectivity index (χ1v) is 9.90. The van der Waals surface area contributed by atoms with Crippen molar-refractivity contribution >= 4 is 8.07 Å². The molecule has 0 fully saturated rings. The molecule has 0 aliphatic rings. The van der Waals surface area contributed by atoms with Gasteiger partial charge in [0.05, 0.1) is 8.07 Å². The second-order valence-corrected chi connectivity index (χ2v) is 11.7. The van der Waals surface area contributed by atoms with Gasteiger partial charge in [-0.15, -0.1) is 0 Å². The minimum absolute atomic E-state index is 0. The predicted octanol–water partition coefficient (Wildman–Crippen LogP) is 2.06. The molecule has 0 heterocycles. The van der Waals surface area contributed by atoms with Crippen LogP contribution in [0.1, 0.15) is 40.0 Å². The SMILES string of the molecule is [C-]#CC(C[C@@H](C)CCC=C(C)C)[Si](C)(C)C.[Li+]. The monoisotopic (exact) mass is 242 g/mol. The Kier molecular flexibility index (Phi) is 10.4. The summed E-state index contributed by atoms with van der Waals surface area (Å²) in [7, 11) is -1.22. The first kappa shape index (κ1) is 19.5. The summed E-state index contributed by atoms with van der Waals surface area (Å²) in [6.07, 6.45) is 13.3. The van der Waals surface area contributed by atoms with Crippen LogP contribution in [0.3, 0.4) is 0 Å². The molecular formula is C15H27LiSi. The molecule has 1 unspecified atom stereocenters. The third-order valence-electron chi connectivity index (χ3n) is 3.07. The van der Waals surface area contributed by atoms with Crippen molar-refractivity contribution < 1.29 is 18.9 Å². The zero-order chi connectivity index (χ0) is 12.8. The fourth-order valence-electron chi connectivity index (χ4n) is 1.81. The van der Waals surface area contributed by atoms with E-state index >= 15 is 0 Å². The van der Waals surface area contributed by atoms with Gasteiger partial charge in [0.1, 0.15) is 0 Å². The minimum atomic E-state index is -1.22. The smallest absolute Gasteiger partial charge is 0.694 e. The van der Waals surface area contributed by atoms with Crippen LogP contribution in [0.5, 0.6) is 0 Å². The summed E-state index contributed by atoms with van der Waals surface area (Å²) >= 11 is 0. The molecule has 2 heteroatoms. The third-order valence-corrected chi connectivity index (χ3v) is 5.54. The van der Waals surface area contributed by atoms with E-state index in [1.807, 2.05) is 0 Å². The summed E-state index contributed by atoms with van der Waals surface area (Å²) in [6, 6.07) is 0. The first-order valence-electron chi connectivity index (χ1n) is 6.33. The topological polar surface area (TPSA) is 0 Å². The molecule has 0 radical (unpaired) electrons. The molecule has 0 aliphatic carbocycles. The standard InChI is InChI=1S/C15H27Si.Li/c1-8-15(16(5,6)7)12-14(4)11-9-10-13(2)3;/h10,14-15H,9,11-12H2,2-7H3;/q-1;+1/t14-,15?;/m0./s1. The molecule has 0 saturated heterocycles. The second kappa shape index (κ2) is 9.10. The Morgan fingerprint density at radius 1 is 1.29 bits per heavy atom. The number of allylic oxidation sites excluding steroid dienone is 2. The fourth-order valence-corrected chi connectivity index (χ4v) is 3.35. The van der Waals surface area contributed by atoms with E-state index in [0.717, 1.165) is 6.42 Å². The van der Waals surface area contributed by atoms with Crippen LogP contribution in [0, 0.1) is 18.3 Å². The Morgan fingerprint density at radius 2 is 1.82 bits per heavy atom. The van der Waals surface area contributed by atoms with E-state index in [4.69, 9.17) is 6.42 Å². The normalized spacial score (nSPS) is 14.2. The molecule has 0 aromatic rings. The van der Waals surface area contributed by atoms with Gasteiger partial charge in [-0.1, -0.05) is 38.2 Å². The molecule has 0 aromatic heterocycles. The van der Waals surface area contributed by atoms with E-state index in [1.54, 1.807) is 0 Å². The number of hydrogen-bond donors (Lipinski definition) is 0. The Bertz CT molecular complexity index is 264. The van der Waals surface area contributed by atoms with Crippen LogP contribution < -0.4 is 18.9 Å². The molecule has 0 saturated carbocycles. The summed E-state index contributed by atoms with van der Waals surface area (Å²) in [5.41, 5.74) is 1.83. The summed E-state index contributed by atoms with van der Waals surface area (Å²) < 4.78 is 0. The Balaban J connectivity index is 0. The maximum Gasteiger partial charge on any atom is 1.00 e. The van der Waals surface area contributed by atoms with Crippen molar-refractivity contribution in [2.75, 3.05) is 0 Å². The Labute approximate surface area is 122 Å². The first-order chi connectivity index (χ1) is 7.27. The van der Waals surface area contributed by atoms with Gasteiger partial charge in [0, 0.05) is 0 Å². The summed E-state index contributed by atoms with van der Waals surface area (Å²) in [4.78, 5) is 0. The largest absolute Gasteiger partial charge is 1.00 e. The summed E-state index contributed by atoms with van der Waals surface area (Å²) in [5, 5.41) is 0. The van der Waals surface area contributed by atoms with Crippen LogP contribution in [0.15, 0.2) is 11.6 Å². The van der Waals surface area contributed by atoms with Gasteiger partial charge in [0.25, 0.3) is 0 Å². The number of hydrogen-bond acceptors (Lipinski definition) is 0. The van der Waals surface area contributed by atoms with Gasteiger partial charge < -0.3 is 12.3 Å². The average molecular weight is 242 g/mol. The summed E-state index contributed by atoms with van der Waals surface area (Å²) in [5.74, 6) is 3.48. The van der Waals surface area contributed by atoms with E-state index in [0.29, 0.717) is 11.5 Å². The third kappa shape index (κ3) is 9.78. The van der Waals surface area contributed by atoms with E-state index in [2.05, 4.69) is 52.4 Å². The second-order valence-electron chi connectivity index (χ2n) is 6.26. The molecule has 0 spiro atoms. The molecule has 0 amide bonds. The zero-order valence-electron chi connectivity index (χ0n) is 12.9. The predicted molar refractivity (Wildman–Crippen MR) is 76.7 cm³/mol. The molecule has 0 bridgehead atoms. The maximum atomic E-state index is 7.43. The average Bonchev–Trinajstić information content (AvgIpc) is 2.11. The van der Waals surface area contributed by atoms with E-state index in [1.165, 1.54) is 18.4 Å². The molecule has 17 heavy (non-hydrogen) atoms. The van der Waals surface area contributed by atoms with Crippen LogP contribution in [-0.4, -0.2) is 8.07 Å². The molecule has 92 valence electrons. The van der Waals surface area contributed by atoms with E-state index in [-0.39, 0.29) is 18.9 Å². The number of rotatable bonds is 6. The molecule has 0 nitrogen and oxygen atoms in total. The molecule has 0 N–H and O–H groups in total. The molecule has 0 rings (SSSR count). The van der Waals surface area contributed by atoms with E-state index in [9.17, 15) is 0 Å². The van der Waals surface area contributed by atoms with Crippen LogP contribution in [0.4, 0.5) is 0 Å². The van der Waals surface area contributed by atoms with Crippen molar-refractivity contribution in [3.05, 3.63) is 18.1 Å². The van der Waals surface area contributed by atoms with Crippen molar-refractivity contribution in [1.82, 2.24) is 0 Å².